The van der Waals surface area contributed by atoms with Gasteiger partial charge in [-0.3, -0.25) is 4.68 Å². The van der Waals surface area contributed by atoms with E-state index in [0.717, 1.165) is 4.68 Å². The molecule has 0 aliphatic carbocycles. The second-order valence-electron chi connectivity index (χ2n) is 2.04. The van der Waals surface area contributed by atoms with Crippen LogP contribution in [0.5, 0.6) is 0 Å². The van der Waals surface area contributed by atoms with Crippen molar-refractivity contribution in [1.82, 2.24) is 4.68 Å². The Hall–Kier alpha value is -1.32. The standard InChI is InChI=1S/C6H8FN3/c1-4(8)6-5(7)2-3-10(6)9/h2-3,8H,9H2,1H3. The van der Waals surface area contributed by atoms with Crippen LogP contribution in [0.4, 0.5) is 4.39 Å². The molecule has 0 saturated carbocycles. The summed E-state index contributed by atoms with van der Waals surface area (Å²) >= 11 is 0. The molecular weight excluding hydrogens is 133 g/mol. The van der Waals surface area contributed by atoms with Crippen LogP contribution in [-0.2, 0) is 0 Å². The molecule has 0 atom stereocenters. The van der Waals surface area contributed by atoms with Gasteiger partial charge in [0, 0.05) is 6.20 Å². The molecule has 0 fully saturated rings. The molecule has 1 aromatic rings. The fourth-order valence-corrected chi connectivity index (χ4v) is 0.795. The number of hydrogen-bond donors (Lipinski definition) is 2. The molecule has 0 aliphatic heterocycles. The van der Waals surface area contributed by atoms with E-state index >= 15 is 0 Å². The second-order valence-corrected chi connectivity index (χ2v) is 2.04. The highest BCUT2D eigenvalue weighted by molar-refractivity contribution is 5.95. The van der Waals surface area contributed by atoms with E-state index in [1.165, 1.54) is 19.2 Å². The zero-order valence-electron chi connectivity index (χ0n) is 5.56. The molecular formula is C6H8FN3. The van der Waals surface area contributed by atoms with Gasteiger partial charge in [0.05, 0.1) is 5.71 Å². The van der Waals surface area contributed by atoms with Gasteiger partial charge in [-0.25, -0.2) is 4.39 Å². The van der Waals surface area contributed by atoms with Crippen molar-refractivity contribution in [2.45, 2.75) is 6.92 Å². The van der Waals surface area contributed by atoms with Crippen molar-refractivity contribution in [3.63, 3.8) is 0 Å². The lowest BCUT2D eigenvalue weighted by Crippen LogP contribution is -2.14. The summed E-state index contributed by atoms with van der Waals surface area (Å²) in [5.41, 5.74) is 0.269. The zero-order valence-corrected chi connectivity index (χ0v) is 5.56. The summed E-state index contributed by atoms with van der Waals surface area (Å²) < 4.78 is 13.7. The molecule has 4 heteroatoms. The van der Waals surface area contributed by atoms with Crippen LogP contribution in [0.15, 0.2) is 12.3 Å². The first-order valence-electron chi connectivity index (χ1n) is 2.80. The van der Waals surface area contributed by atoms with Crippen molar-refractivity contribution in [3.8, 4) is 0 Å². The van der Waals surface area contributed by atoms with Gasteiger partial charge >= 0.3 is 0 Å². The Morgan fingerprint density at radius 1 is 1.80 bits per heavy atom. The fourth-order valence-electron chi connectivity index (χ4n) is 0.795. The molecule has 1 heterocycles. The Kier molecular flexibility index (Phi) is 1.45. The third-order valence-electron chi connectivity index (χ3n) is 1.22. The maximum absolute atomic E-state index is 12.6. The Morgan fingerprint density at radius 2 is 2.40 bits per heavy atom. The number of nitrogens with zero attached hydrogens (tertiary/aromatic N) is 1. The van der Waals surface area contributed by atoms with Gasteiger partial charge in [-0.1, -0.05) is 0 Å². The van der Waals surface area contributed by atoms with Gasteiger partial charge in [0.25, 0.3) is 0 Å². The van der Waals surface area contributed by atoms with E-state index in [1.807, 2.05) is 0 Å². The lowest BCUT2D eigenvalue weighted by Gasteiger charge is -1.98. The molecule has 0 amide bonds. The van der Waals surface area contributed by atoms with Gasteiger partial charge in [-0.05, 0) is 13.0 Å². The molecule has 54 valence electrons. The Balaban J connectivity index is 3.23. The van der Waals surface area contributed by atoms with Crippen molar-refractivity contribution in [2.75, 3.05) is 5.84 Å². The second kappa shape index (κ2) is 2.13. The van der Waals surface area contributed by atoms with E-state index in [-0.39, 0.29) is 11.4 Å². The minimum Gasteiger partial charge on any atom is -0.339 e. The number of nitrogen functional groups attached to an aromatic ring is 1. The predicted octanol–water partition coefficient (Wildman–Crippen LogP) is 0.729. The molecule has 0 spiro atoms. The van der Waals surface area contributed by atoms with Crippen molar-refractivity contribution >= 4 is 5.71 Å². The van der Waals surface area contributed by atoms with Gasteiger partial charge in [0.1, 0.15) is 5.69 Å². The summed E-state index contributed by atoms with van der Waals surface area (Å²) in [7, 11) is 0. The van der Waals surface area contributed by atoms with Crippen molar-refractivity contribution in [1.29, 1.82) is 5.41 Å². The quantitative estimate of drug-likeness (QED) is 0.439. The van der Waals surface area contributed by atoms with E-state index < -0.39 is 5.82 Å². The molecule has 3 nitrogen and oxygen atoms in total. The van der Waals surface area contributed by atoms with Crippen LogP contribution in [0.1, 0.15) is 12.6 Å². The first-order chi connectivity index (χ1) is 4.63. The van der Waals surface area contributed by atoms with Crippen LogP contribution in [0, 0.1) is 11.2 Å². The molecule has 3 N–H and O–H groups in total. The zero-order chi connectivity index (χ0) is 7.72. The molecule has 0 bridgehead atoms. The van der Waals surface area contributed by atoms with E-state index in [9.17, 15) is 4.39 Å². The lowest BCUT2D eigenvalue weighted by molar-refractivity contribution is 0.623. The maximum Gasteiger partial charge on any atom is 0.152 e. The Labute approximate surface area is 57.7 Å². The number of rotatable bonds is 1. The summed E-state index contributed by atoms with van der Waals surface area (Å²) in [6, 6.07) is 1.23. The summed E-state index contributed by atoms with van der Waals surface area (Å²) in [5.74, 6) is 4.83. The predicted molar refractivity (Wildman–Crippen MR) is 37.0 cm³/mol. The van der Waals surface area contributed by atoms with Crippen LogP contribution in [0.3, 0.4) is 0 Å². The molecule has 0 saturated heterocycles. The third kappa shape index (κ3) is 0.877. The van der Waals surface area contributed by atoms with Gasteiger partial charge in [0.15, 0.2) is 5.82 Å². The Bertz CT molecular complexity index is 244. The number of halogens is 1. The molecule has 10 heavy (non-hydrogen) atoms. The first-order valence-corrected chi connectivity index (χ1v) is 2.80. The highest BCUT2D eigenvalue weighted by Gasteiger charge is 2.07. The minimum atomic E-state index is -0.449. The van der Waals surface area contributed by atoms with Gasteiger partial charge in [-0.2, -0.15) is 0 Å². The van der Waals surface area contributed by atoms with E-state index in [4.69, 9.17) is 11.3 Å². The largest absolute Gasteiger partial charge is 0.339 e. The molecule has 1 rings (SSSR count). The Morgan fingerprint density at radius 3 is 2.60 bits per heavy atom. The van der Waals surface area contributed by atoms with Gasteiger partial charge in [0.2, 0.25) is 0 Å². The highest BCUT2D eigenvalue weighted by Crippen LogP contribution is 2.05. The minimum absolute atomic E-state index is 0.130. The SMILES string of the molecule is CC(=N)c1c(F)ccn1N. The van der Waals surface area contributed by atoms with Crippen molar-refractivity contribution in [3.05, 3.63) is 23.8 Å². The summed E-state index contributed by atoms with van der Waals surface area (Å²) in [6.45, 7) is 1.49. The molecule has 0 radical (unpaired) electrons. The summed E-state index contributed by atoms with van der Waals surface area (Å²) in [5, 5.41) is 7.09. The smallest absolute Gasteiger partial charge is 0.152 e. The molecule has 0 aliphatic rings. The normalized spacial score (nSPS) is 9.80. The van der Waals surface area contributed by atoms with Gasteiger partial charge < -0.3 is 11.3 Å². The van der Waals surface area contributed by atoms with Crippen LogP contribution in [-0.4, -0.2) is 10.4 Å². The first kappa shape index (κ1) is 6.80. The molecule has 0 unspecified atom stereocenters. The van der Waals surface area contributed by atoms with E-state index in [2.05, 4.69) is 0 Å². The fraction of sp³-hybridized carbons (Fsp3) is 0.167. The van der Waals surface area contributed by atoms with E-state index in [0.29, 0.717) is 0 Å². The average molecular weight is 141 g/mol. The van der Waals surface area contributed by atoms with Gasteiger partial charge in [-0.15, -0.1) is 0 Å². The average Bonchev–Trinajstić information content (AvgIpc) is 2.11. The van der Waals surface area contributed by atoms with Crippen LogP contribution < -0.4 is 5.84 Å². The maximum atomic E-state index is 12.6. The number of hydrogen-bond acceptors (Lipinski definition) is 2. The van der Waals surface area contributed by atoms with Crippen LogP contribution in [0.25, 0.3) is 0 Å². The third-order valence-corrected chi connectivity index (χ3v) is 1.22. The molecule has 1 aromatic heterocycles. The lowest BCUT2D eigenvalue weighted by atomic mass is 10.3. The monoisotopic (exact) mass is 141 g/mol. The molecule has 0 aromatic carbocycles. The number of nitrogens with one attached hydrogen (secondary N) is 1. The topological polar surface area (TPSA) is 54.8 Å². The summed E-state index contributed by atoms with van der Waals surface area (Å²) in [4.78, 5) is 0. The summed E-state index contributed by atoms with van der Waals surface area (Å²) in [6.07, 6.45) is 1.38. The number of aromatic nitrogens is 1. The highest BCUT2D eigenvalue weighted by atomic mass is 19.1. The number of nitrogens with two attached hydrogens (primary N) is 1. The van der Waals surface area contributed by atoms with Crippen LogP contribution >= 0.6 is 0 Å². The van der Waals surface area contributed by atoms with Crippen LogP contribution in [0.2, 0.25) is 0 Å². The van der Waals surface area contributed by atoms with E-state index in [1.54, 1.807) is 0 Å². The van der Waals surface area contributed by atoms with Crippen molar-refractivity contribution < 1.29 is 4.39 Å². The van der Waals surface area contributed by atoms with Crippen molar-refractivity contribution in [2.24, 2.45) is 0 Å².